The van der Waals surface area contributed by atoms with Gasteiger partial charge in [-0.1, -0.05) is 24.3 Å². The molecule has 1 fully saturated rings. The Kier molecular flexibility index (Phi) is 7.09. The Balaban J connectivity index is 1.47. The fourth-order valence-corrected chi connectivity index (χ4v) is 4.08. The lowest BCUT2D eigenvalue weighted by Gasteiger charge is -2.40. The van der Waals surface area contributed by atoms with Crippen molar-refractivity contribution in [2.45, 2.75) is 6.04 Å². The fourth-order valence-electron chi connectivity index (χ4n) is 4.08. The number of fused-ring (bicyclic) bond motifs is 1. The summed E-state index contributed by atoms with van der Waals surface area (Å²) in [6, 6.07) is 12.2. The highest BCUT2D eigenvalue weighted by Crippen LogP contribution is 2.35. The van der Waals surface area contributed by atoms with Gasteiger partial charge in [-0.05, 0) is 29.8 Å². The zero-order valence-electron chi connectivity index (χ0n) is 18.3. The molecule has 4 rings (SSSR count). The van der Waals surface area contributed by atoms with Crippen molar-refractivity contribution in [1.82, 2.24) is 15.5 Å². The highest BCUT2D eigenvalue weighted by atomic mass is 19.1. The lowest BCUT2D eigenvalue weighted by atomic mass is 10.0. The SMILES string of the molecule is C=CCNC(=O)C(=O)NCC(c1ccc2c(c1)OCO2)N1CCN(c2ccccc2F)CC1. The molecule has 0 radical (unpaired) electrons. The number of ether oxygens (including phenoxy) is 2. The molecule has 2 aromatic carbocycles. The van der Waals surface area contributed by atoms with Crippen molar-refractivity contribution in [3.05, 3.63) is 66.5 Å². The highest BCUT2D eigenvalue weighted by Gasteiger charge is 2.28. The molecule has 2 aliphatic rings. The van der Waals surface area contributed by atoms with E-state index in [1.165, 1.54) is 12.1 Å². The van der Waals surface area contributed by atoms with E-state index in [2.05, 4.69) is 22.1 Å². The topological polar surface area (TPSA) is 83.1 Å². The first-order chi connectivity index (χ1) is 16.1. The third kappa shape index (κ3) is 5.25. The summed E-state index contributed by atoms with van der Waals surface area (Å²) >= 11 is 0. The quantitative estimate of drug-likeness (QED) is 0.491. The van der Waals surface area contributed by atoms with Crippen LogP contribution in [0.4, 0.5) is 10.1 Å². The van der Waals surface area contributed by atoms with Crippen LogP contribution in [0.5, 0.6) is 11.5 Å². The highest BCUT2D eigenvalue weighted by molar-refractivity contribution is 6.35. The van der Waals surface area contributed by atoms with Crippen LogP contribution in [0.25, 0.3) is 0 Å². The van der Waals surface area contributed by atoms with Gasteiger partial charge in [-0.3, -0.25) is 14.5 Å². The molecule has 9 heteroatoms. The summed E-state index contributed by atoms with van der Waals surface area (Å²) in [5.41, 5.74) is 1.52. The zero-order chi connectivity index (χ0) is 23.2. The number of hydrogen-bond donors (Lipinski definition) is 2. The van der Waals surface area contributed by atoms with Gasteiger partial charge in [0.25, 0.3) is 0 Å². The lowest BCUT2D eigenvalue weighted by molar-refractivity contribution is -0.139. The van der Waals surface area contributed by atoms with E-state index in [9.17, 15) is 14.0 Å². The normalized spacial score (nSPS) is 16.2. The molecular weight excluding hydrogens is 427 g/mol. The van der Waals surface area contributed by atoms with Gasteiger partial charge in [0.05, 0.1) is 11.7 Å². The molecular formula is C24H27FN4O4. The van der Waals surface area contributed by atoms with Crippen molar-refractivity contribution in [1.29, 1.82) is 0 Å². The average Bonchev–Trinajstić information content (AvgIpc) is 3.31. The van der Waals surface area contributed by atoms with Crippen LogP contribution in [0.3, 0.4) is 0 Å². The van der Waals surface area contributed by atoms with Crippen molar-refractivity contribution >= 4 is 17.5 Å². The molecule has 8 nitrogen and oxygen atoms in total. The number of benzene rings is 2. The van der Waals surface area contributed by atoms with Crippen molar-refractivity contribution in [2.24, 2.45) is 0 Å². The number of piperazine rings is 1. The molecule has 2 amide bonds. The second kappa shape index (κ2) is 10.4. The number of halogens is 1. The summed E-state index contributed by atoms with van der Waals surface area (Å²) in [5, 5.41) is 5.21. The lowest BCUT2D eigenvalue weighted by Crippen LogP contribution is -2.51. The predicted octanol–water partition coefficient (Wildman–Crippen LogP) is 1.84. The molecule has 174 valence electrons. The van der Waals surface area contributed by atoms with Gasteiger partial charge in [-0.15, -0.1) is 6.58 Å². The van der Waals surface area contributed by atoms with Crippen molar-refractivity contribution < 1.29 is 23.5 Å². The number of carbonyl (C=O) groups excluding carboxylic acids is 2. The summed E-state index contributed by atoms with van der Waals surface area (Å²) < 4.78 is 25.2. The number of nitrogens with one attached hydrogen (secondary N) is 2. The summed E-state index contributed by atoms with van der Waals surface area (Å²) in [5.74, 6) is -0.320. The van der Waals surface area contributed by atoms with Crippen LogP contribution in [0.1, 0.15) is 11.6 Å². The molecule has 33 heavy (non-hydrogen) atoms. The van der Waals surface area contributed by atoms with Crippen LogP contribution in [0.2, 0.25) is 0 Å². The zero-order valence-corrected chi connectivity index (χ0v) is 18.3. The van der Waals surface area contributed by atoms with E-state index >= 15 is 0 Å². The Hall–Kier alpha value is -3.59. The maximum Gasteiger partial charge on any atom is 0.309 e. The number of carbonyl (C=O) groups is 2. The Labute approximate surface area is 192 Å². The van der Waals surface area contributed by atoms with Crippen LogP contribution in [-0.2, 0) is 9.59 Å². The number of nitrogens with zero attached hydrogens (tertiary/aromatic N) is 2. The summed E-state index contributed by atoms with van der Waals surface area (Å²) in [6.07, 6.45) is 1.51. The van der Waals surface area contributed by atoms with Gasteiger partial charge in [-0.2, -0.15) is 0 Å². The van der Waals surface area contributed by atoms with Crippen molar-refractivity contribution in [3.63, 3.8) is 0 Å². The second-order valence-corrected chi connectivity index (χ2v) is 7.81. The first-order valence-electron chi connectivity index (χ1n) is 10.9. The number of anilines is 1. The number of para-hydroxylation sites is 1. The van der Waals surface area contributed by atoms with E-state index in [1.54, 1.807) is 12.1 Å². The van der Waals surface area contributed by atoms with Crippen LogP contribution in [0, 0.1) is 5.82 Å². The van der Waals surface area contributed by atoms with Gasteiger partial charge >= 0.3 is 11.8 Å². The van der Waals surface area contributed by atoms with Crippen LogP contribution in [0.15, 0.2) is 55.1 Å². The fraction of sp³-hybridized carbons (Fsp3) is 0.333. The van der Waals surface area contributed by atoms with E-state index in [-0.39, 0.29) is 31.7 Å². The van der Waals surface area contributed by atoms with Gasteiger partial charge in [0.2, 0.25) is 6.79 Å². The molecule has 1 unspecified atom stereocenters. The minimum atomic E-state index is -0.705. The summed E-state index contributed by atoms with van der Waals surface area (Å²) in [7, 11) is 0. The summed E-state index contributed by atoms with van der Waals surface area (Å²) in [6.45, 7) is 6.74. The number of amides is 2. The Morgan fingerprint density at radius 2 is 1.76 bits per heavy atom. The Morgan fingerprint density at radius 1 is 1.03 bits per heavy atom. The summed E-state index contributed by atoms with van der Waals surface area (Å²) in [4.78, 5) is 28.4. The monoisotopic (exact) mass is 454 g/mol. The first kappa shape index (κ1) is 22.6. The van der Waals surface area contributed by atoms with Gasteiger partial charge < -0.3 is 25.0 Å². The minimum absolute atomic E-state index is 0.172. The Bertz CT molecular complexity index is 1020. The van der Waals surface area contributed by atoms with E-state index in [1.807, 2.05) is 29.2 Å². The molecule has 0 spiro atoms. The van der Waals surface area contributed by atoms with E-state index < -0.39 is 11.8 Å². The predicted molar refractivity (Wildman–Crippen MR) is 122 cm³/mol. The molecule has 1 atom stereocenters. The van der Waals surface area contributed by atoms with E-state index in [0.717, 1.165) is 5.56 Å². The Morgan fingerprint density at radius 3 is 2.52 bits per heavy atom. The van der Waals surface area contributed by atoms with Crippen LogP contribution < -0.4 is 25.0 Å². The molecule has 2 heterocycles. The standard InChI is InChI=1S/C24H27FN4O4/c1-2-9-26-23(30)24(31)27-15-20(17-7-8-21-22(14-17)33-16-32-21)29-12-10-28(11-13-29)19-6-4-3-5-18(19)25/h2-8,14,20H,1,9-13,15-16H2,(H,26,30)(H,27,31). The second-order valence-electron chi connectivity index (χ2n) is 7.81. The molecule has 0 bridgehead atoms. The van der Waals surface area contributed by atoms with Crippen LogP contribution in [-0.4, -0.2) is 62.8 Å². The molecule has 2 N–H and O–H groups in total. The number of rotatable bonds is 7. The smallest absolute Gasteiger partial charge is 0.309 e. The minimum Gasteiger partial charge on any atom is -0.454 e. The van der Waals surface area contributed by atoms with Gasteiger partial charge in [-0.25, -0.2) is 4.39 Å². The van der Waals surface area contributed by atoms with Gasteiger partial charge in [0.15, 0.2) is 11.5 Å². The third-order valence-electron chi connectivity index (χ3n) is 5.80. The van der Waals surface area contributed by atoms with Crippen molar-refractivity contribution in [2.75, 3.05) is 51.0 Å². The molecule has 1 saturated heterocycles. The van der Waals surface area contributed by atoms with E-state index in [0.29, 0.717) is 43.4 Å². The maximum absolute atomic E-state index is 14.2. The molecule has 0 aliphatic carbocycles. The molecule has 0 saturated carbocycles. The average molecular weight is 455 g/mol. The third-order valence-corrected chi connectivity index (χ3v) is 5.80. The molecule has 2 aliphatic heterocycles. The molecule has 2 aromatic rings. The number of hydrogen-bond acceptors (Lipinski definition) is 6. The van der Waals surface area contributed by atoms with Crippen LogP contribution >= 0.6 is 0 Å². The van der Waals surface area contributed by atoms with Gasteiger partial charge in [0.1, 0.15) is 5.82 Å². The van der Waals surface area contributed by atoms with Gasteiger partial charge in [0, 0.05) is 39.3 Å². The largest absolute Gasteiger partial charge is 0.454 e. The first-order valence-corrected chi connectivity index (χ1v) is 10.9. The van der Waals surface area contributed by atoms with Crippen molar-refractivity contribution in [3.8, 4) is 11.5 Å². The maximum atomic E-state index is 14.2. The van der Waals surface area contributed by atoms with E-state index in [4.69, 9.17) is 9.47 Å². The molecule has 0 aromatic heterocycles.